The first-order chi connectivity index (χ1) is 9.62. The van der Waals surface area contributed by atoms with Gasteiger partial charge >= 0.3 is 0 Å². The molecule has 1 saturated heterocycles. The van der Waals surface area contributed by atoms with Crippen molar-refractivity contribution in [3.05, 3.63) is 11.0 Å². The molecule has 3 heterocycles. The number of rotatable bonds is 1. The van der Waals surface area contributed by atoms with E-state index >= 15 is 0 Å². The van der Waals surface area contributed by atoms with Crippen molar-refractivity contribution in [1.82, 2.24) is 9.97 Å². The van der Waals surface area contributed by atoms with Crippen molar-refractivity contribution in [3.8, 4) is 0 Å². The number of nitrogens with zero attached hydrogens (tertiary/aromatic N) is 3. The number of aryl methyl sites for hydroxylation is 1. The molecule has 1 aromatic rings. The summed E-state index contributed by atoms with van der Waals surface area (Å²) < 4.78 is 12.3. The zero-order valence-electron chi connectivity index (χ0n) is 11.0. The number of aliphatic hydroxyl groups is 1. The number of hydrogen-bond acceptors (Lipinski definition) is 5. The SMILES string of the molecule is O=S1CCc2nc(Cl)nc(N3CCC(O)C34CCC4)c21. The molecule has 1 aromatic heterocycles. The summed E-state index contributed by atoms with van der Waals surface area (Å²) in [6.07, 6.45) is 4.17. The summed E-state index contributed by atoms with van der Waals surface area (Å²) in [5, 5.41) is 10.5. The van der Waals surface area contributed by atoms with Gasteiger partial charge in [-0.15, -0.1) is 0 Å². The van der Waals surface area contributed by atoms with Gasteiger partial charge in [0.25, 0.3) is 0 Å². The van der Waals surface area contributed by atoms with Crippen LogP contribution in [-0.4, -0.2) is 43.2 Å². The van der Waals surface area contributed by atoms with Crippen LogP contribution in [0.25, 0.3) is 0 Å². The molecule has 4 rings (SSSR count). The first kappa shape index (κ1) is 13.0. The van der Waals surface area contributed by atoms with Crippen LogP contribution in [0.3, 0.4) is 0 Å². The van der Waals surface area contributed by atoms with E-state index in [0.717, 1.165) is 42.8 Å². The summed E-state index contributed by atoms with van der Waals surface area (Å²) in [7, 11) is -1.04. The number of hydrogen-bond donors (Lipinski definition) is 1. The van der Waals surface area contributed by atoms with Crippen molar-refractivity contribution in [2.45, 2.75) is 48.6 Å². The smallest absolute Gasteiger partial charge is 0.224 e. The summed E-state index contributed by atoms with van der Waals surface area (Å²) in [4.78, 5) is 11.5. The lowest BCUT2D eigenvalue weighted by atomic mass is 9.73. The van der Waals surface area contributed by atoms with Gasteiger partial charge in [-0.2, -0.15) is 4.98 Å². The summed E-state index contributed by atoms with van der Waals surface area (Å²) in [5.41, 5.74) is 0.604. The van der Waals surface area contributed by atoms with Crippen molar-refractivity contribution < 1.29 is 9.32 Å². The normalized spacial score (nSPS) is 30.6. The van der Waals surface area contributed by atoms with E-state index < -0.39 is 10.8 Å². The maximum atomic E-state index is 12.3. The molecule has 108 valence electrons. The second-order valence-corrected chi connectivity index (χ2v) is 7.65. The van der Waals surface area contributed by atoms with Crippen LogP contribution in [0.1, 0.15) is 31.4 Å². The highest BCUT2D eigenvalue weighted by Crippen LogP contribution is 2.49. The van der Waals surface area contributed by atoms with Crippen LogP contribution in [0.2, 0.25) is 5.28 Å². The molecule has 2 aliphatic heterocycles. The summed E-state index contributed by atoms with van der Waals surface area (Å²) in [6, 6.07) is 0. The molecular formula is C13H16ClN3O2S. The standard InChI is InChI=1S/C13H16ClN3O2S/c14-12-15-8-3-7-20(19)10(8)11(16-12)17-6-2-9(18)13(17)4-1-5-13/h9,18H,1-7H2. The van der Waals surface area contributed by atoms with Gasteiger partial charge in [0.1, 0.15) is 4.90 Å². The van der Waals surface area contributed by atoms with E-state index in [1.54, 1.807) is 0 Å². The Bertz CT molecular complexity index is 606. The van der Waals surface area contributed by atoms with Gasteiger partial charge in [-0.05, 0) is 37.3 Å². The molecule has 2 unspecified atom stereocenters. The molecular weight excluding hydrogens is 298 g/mol. The van der Waals surface area contributed by atoms with Crippen LogP contribution in [0.15, 0.2) is 4.90 Å². The highest BCUT2D eigenvalue weighted by Gasteiger charge is 2.53. The Morgan fingerprint density at radius 3 is 2.90 bits per heavy atom. The van der Waals surface area contributed by atoms with E-state index in [4.69, 9.17) is 11.6 Å². The van der Waals surface area contributed by atoms with E-state index in [-0.39, 0.29) is 16.9 Å². The van der Waals surface area contributed by atoms with Crippen molar-refractivity contribution in [3.63, 3.8) is 0 Å². The Balaban J connectivity index is 1.85. The lowest BCUT2D eigenvalue weighted by Crippen LogP contribution is -2.56. The van der Waals surface area contributed by atoms with Gasteiger partial charge in [0.05, 0.1) is 28.1 Å². The van der Waals surface area contributed by atoms with Gasteiger partial charge in [-0.1, -0.05) is 0 Å². The zero-order valence-corrected chi connectivity index (χ0v) is 12.6. The first-order valence-electron chi connectivity index (χ1n) is 7.02. The summed E-state index contributed by atoms with van der Waals surface area (Å²) in [5.74, 6) is 1.30. The fourth-order valence-electron chi connectivity index (χ4n) is 3.71. The lowest BCUT2D eigenvalue weighted by Gasteiger charge is -2.48. The van der Waals surface area contributed by atoms with Gasteiger partial charge in [0.2, 0.25) is 5.28 Å². The molecule has 2 atom stereocenters. The van der Waals surface area contributed by atoms with Crippen molar-refractivity contribution in [2.24, 2.45) is 0 Å². The van der Waals surface area contributed by atoms with Gasteiger partial charge in [0.15, 0.2) is 5.82 Å². The predicted molar refractivity (Wildman–Crippen MR) is 76.6 cm³/mol. The van der Waals surface area contributed by atoms with E-state index in [1.807, 2.05) is 0 Å². The summed E-state index contributed by atoms with van der Waals surface area (Å²) in [6.45, 7) is 0.748. The first-order valence-corrected chi connectivity index (χ1v) is 8.72. The maximum Gasteiger partial charge on any atom is 0.224 e. The second-order valence-electron chi connectivity index (χ2n) is 5.80. The minimum Gasteiger partial charge on any atom is -0.391 e. The number of aromatic nitrogens is 2. The van der Waals surface area contributed by atoms with E-state index in [0.29, 0.717) is 18.0 Å². The fourth-order valence-corrected chi connectivity index (χ4v) is 5.25. The maximum absolute atomic E-state index is 12.3. The van der Waals surface area contributed by atoms with Crippen LogP contribution in [0, 0.1) is 0 Å². The number of anilines is 1. The molecule has 2 fully saturated rings. The Kier molecular flexibility index (Phi) is 2.85. The van der Waals surface area contributed by atoms with Crippen LogP contribution in [0.5, 0.6) is 0 Å². The van der Waals surface area contributed by atoms with E-state index in [9.17, 15) is 9.32 Å². The molecule has 0 amide bonds. The molecule has 1 saturated carbocycles. The molecule has 0 bridgehead atoms. The minimum atomic E-state index is -1.04. The van der Waals surface area contributed by atoms with Gasteiger partial charge in [-0.25, -0.2) is 4.98 Å². The van der Waals surface area contributed by atoms with Crippen molar-refractivity contribution >= 4 is 28.2 Å². The topological polar surface area (TPSA) is 66.3 Å². The van der Waals surface area contributed by atoms with E-state index in [1.165, 1.54) is 0 Å². The largest absolute Gasteiger partial charge is 0.391 e. The third kappa shape index (κ3) is 1.61. The Hall–Kier alpha value is -0.720. The number of fused-ring (bicyclic) bond motifs is 1. The van der Waals surface area contributed by atoms with Crippen molar-refractivity contribution in [1.29, 1.82) is 0 Å². The highest BCUT2D eigenvalue weighted by molar-refractivity contribution is 7.85. The highest BCUT2D eigenvalue weighted by atomic mass is 35.5. The lowest BCUT2D eigenvalue weighted by molar-refractivity contribution is 0.0579. The minimum absolute atomic E-state index is 0.210. The predicted octanol–water partition coefficient (Wildman–Crippen LogP) is 1.29. The molecule has 0 radical (unpaired) electrons. The third-order valence-corrected chi connectivity index (χ3v) is 6.52. The quantitative estimate of drug-likeness (QED) is 0.791. The molecule has 7 heteroatoms. The molecule has 20 heavy (non-hydrogen) atoms. The summed E-state index contributed by atoms with van der Waals surface area (Å²) >= 11 is 6.04. The molecule has 1 N–H and O–H groups in total. The van der Waals surface area contributed by atoms with Gasteiger partial charge in [-0.3, -0.25) is 4.21 Å². The fraction of sp³-hybridized carbons (Fsp3) is 0.692. The van der Waals surface area contributed by atoms with Crippen LogP contribution in [-0.2, 0) is 17.2 Å². The van der Waals surface area contributed by atoms with Gasteiger partial charge < -0.3 is 10.0 Å². The molecule has 0 aromatic carbocycles. The zero-order chi connectivity index (χ0) is 13.9. The molecule has 3 aliphatic rings. The number of aliphatic hydroxyl groups excluding tert-OH is 1. The van der Waals surface area contributed by atoms with Gasteiger partial charge in [0, 0.05) is 18.7 Å². The van der Waals surface area contributed by atoms with Crippen molar-refractivity contribution in [2.75, 3.05) is 17.2 Å². The molecule has 5 nitrogen and oxygen atoms in total. The number of halogens is 1. The second kappa shape index (κ2) is 4.39. The van der Waals surface area contributed by atoms with Crippen LogP contribution < -0.4 is 4.90 Å². The molecule has 1 spiro atoms. The monoisotopic (exact) mass is 313 g/mol. The Morgan fingerprint density at radius 2 is 2.20 bits per heavy atom. The third-order valence-electron chi connectivity index (χ3n) is 4.90. The van der Waals surface area contributed by atoms with E-state index in [2.05, 4.69) is 14.9 Å². The average Bonchev–Trinajstić information content (AvgIpc) is 2.89. The van der Waals surface area contributed by atoms with Crippen LogP contribution >= 0.6 is 11.6 Å². The van der Waals surface area contributed by atoms with Crippen LogP contribution in [0.4, 0.5) is 5.82 Å². The molecule has 1 aliphatic carbocycles. The average molecular weight is 314 g/mol. The Labute approximate surface area is 124 Å². The Morgan fingerprint density at radius 1 is 1.40 bits per heavy atom.